The van der Waals surface area contributed by atoms with Crippen LogP contribution in [0.4, 0.5) is 0 Å². The molecule has 142 valence electrons. The molecule has 2 amide bonds. The van der Waals surface area contributed by atoms with Crippen molar-refractivity contribution in [3.63, 3.8) is 0 Å². The average Bonchev–Trinajstić information content (AvgIpc) is 2.67. The van der Waals surface area contributed by atoms with E-state index < -0.39 is 0 Å². The molecule has 0 saturated heterocycles. The van der Waals surface area contributed by atoms with E-state index >= 15 is 0 Å². The number of benzene rings is 2. The second-order valence-corrected chi connectivity index (χ2v) is 5.79. The van der Waals surface area contributed by atoms with Crippen LogP contribution in [-0.4, -0.2) is 38.3 Å². The van der Waals surface area contributed by atoms with Gasteiger partial charge in [-0.25, -0.2) is 5.43 Å². The van der Waals surface area contributed by atoms with Gasteiger partial charge in [-0.05, 0) is 55.0 Å². The summed E-state index contributed by atoms with van der Waals surface area (Å²) in [4.78, 5) is 23.5. The molecule has 0 aromatic heterocycles. The Morgan fingerprint density at radius 3 is 2.56 bits per heavy atom. The predicted octanol–water partition coefficient (Wildman–Crippen LogP) is 2.63. The van der Waals surface area contributed by atoms with Crippen molar-refractivity contribution in [2.45, 2.75) is 6.92 Å². The fourth-order valence-corrected chi connectivity index (χ4v) is 2.23. The number of methoxy groups -OCH3 is 1. The Kier molecular flexibility index (Phi) is 7.63. The molecule has 8 heteroatoms. The number of ether oxygens (including phenoxy) is 2. The van der Waals surface area contributed by atoms with Crippen molar-refractivity contribution in [2.24, 2.45) is 5.10 Å². The summed E-state index contributed by atoms with van der Waals surface area (Å²) >= 11 is 5.79. The van der Waals surface area contributed by atoms with E-state index in [2.05, 4.69) is 15.8 Å². The second kappa shape index (κ2) is 10.2. The zero-order chi connectivity index (χ0) is 19.6. The van der Waals surface area contributed by atoms with Gasteiger partial charge in [0.1, 0.15) is 0 Å². The van der Waals surface area contributed by atoms with Crippen molar-refractivity contribution >= 4 is 29.6 Å². The summed E-state index contributed by atoms with van der Waals surface area (Å²) in [6.07, 6.45) is 1.48. The first-order chi connectivity index (χ1) is 13.0. The molecule has 0 unspecified atom stereocenters. The largest absolute Gasteiger partial charge is 0.493 e. The SMILES string of the molecule is CCNC(=O)COc1ccc(/C=N/NC(=O)c2ccc(Cl)cc2)cc1OC. The van der Waals surface area contributed by atoms with Crippen molar-refractivity contribution in [2.75, 3.05) is 20.3 Å². The summed E-state index contributed by atoms with van der Waals surface area (Å²) in [5, 5.41) is 7.12. The van der Waals surface area contributed by atoms with Crippen molar-refractivity contribution in [1.29, 1.82) is 0 Å². The number of amides is 2. The maximum absolute atomic E-state index is 12.0. The highest BCUT2D eigenvalue weighted by atomic mass is 35.5. The van der Waals surface area contributed by atoms with Crippen LogP contribution in [0.5, 0.6) is 11.5 Å². The van der Waals surface area contributed by atoms with Crippen molar-refractivity contribution < 1.29 is 19.1 Å². The Morgan fingerprint density at radius 1 is 1.15 bits per heavy atom. The minimum Gasteiger partial charge on any atom is -0.493 e. The van der Waals surface area contributed by atoms with Crippen LogP contribution >= 0.6 is 11.6 Å². The zero-order valence-corrected chi connectivity index (χ0v) is 15.7. The molecule has 0 spiro atoms. The monoisotopic (exact) mass is 389 g/mol. The van der Waals surface area contributed by atoms with E-state index in [0.717, 1.165) is 0 Å². The van der Waals surface area contributed by atoms with E-state index in [9.17, 15) is 9.59 Å². The predicted molar refractivity (Wildman–Crippen MR) is 104 cm³/mol. The minimum atomic E-state index is -0.350. The Balaban J connectivity index is 1.97. The van der Waals surface area contributed by atoms with Gasteiger partial charge in [-0.3, -0.25) is 9.59 Å². The molecule has 0 aliphatic heterocycles. The van der Waals surface area contributed by atoms with Crippen LogP contribution in [0.25, 0.3) is 0 Å². The summed E-state index contributed by atoms with van der Waals surface area (Å²) in [5.74, 6) is 0.324. The topological polar surface area (TPSA) is 89.0 Å². The van der Waals surface area contributed by atoms with E-state index in [1.54, 1.807) is 42.5 Å². The number of likely N-dealkylation sites (N-methyl/N-ethyl adjacent to an activating group) is 1. The Bertz CT molecular complexity index is 822. The van der Waals surface area contributed by atoms with E-state index in [-0.39, 0.29) is 18.4 Å². The van der Waals surface area contributed by atoms with Gasteiger partial charge < -0.3 is 14.8 Å². The molecule has 0 atom stereocenters. The van der Waals surface area contributed by atoms with E-state index in [0.29, 0.717) is 34.2 Å². The molecule has 0 aliphatic carbocycles. The first kappa shape index (κ1) is 20.3. The summed E-state index contributed by atoms with van der Waals surface area (Å²) in [5.41, 5.74) is 3.57. The van der Waals surface area contributed by atoms with Crippen LogP contribution in [0, 0.1) is 0 Å². The first-order valence-electron chi connectivity index (χ1n) is 8.20. The smallest absolute Gasteiger partial charge is 0.271 e. The molecular formula is C19H20ClN3O4. The van der Waals surface area contributed by atoms with Gasteiger partial charge in [-0.1, -0.05) is 11.6 Å². The van der Waals surface area contributed by atoms with Gasteiger partial charge in [-0.15, -0.1) is 0 Å². The zero-order valence-electron chi connectivity index (χ0n) is 15.0. The molecule has 0 heterocycles. The van der Waals surface area contributed by atoms with Crippen molar-refractivity contribution in [3.05, 3.63) is 58.6 Å². The number of hydrogen-bond donors (Lipinski definition) is 2. The van der Waals surface area contributed by atoms with Gasteiger partial charge in [0, 0.05) is 17.1 Å². The second-order valence-electron chi connectivity index (χ2n) is 5.36. The molecule has 0 bridgehead atoms. The lowest BCUT2D eigenvalue weighted by atomic mass is 10.2. The molecule has 2 N–H and O–H groups in total. The molecular weight excluding hydrogens is 370 g/mol. The lowest BCUT2D eigenvalue weighted by Gasteiger charge is -2.11. The fraction of sp³-hybridized carbons (Fsp3) is 0.211. The number of carbonyl (C=O) groups excluding carboxylic acids is 2. The highest BCUT2D eigenvalue weighted by Crippen LogP contribution is 2.27. The maximum atomic E-state index is 12.0. The van der Waals surface area contributed by atoms with Gasteiger partial charge >= 0.3 is 0 Å². The van der Waals surface area contributed by atoms with Gasteiger partial charge in [0.25, 0.3) is 11.8 Å². The van der Waals surface area contributed by atoms with Crippen molar-refractivity contribution in [3.8, 4) is 11.5 Å². The lowest BCUT2D eigenvalue weighted by molar-refractivity contribution is -0.123. The fourth-order valence-electron chi connectivity index (χ4n) is 2.11. The maximum Gasteiger partial charge on any atom is 0.271 e. The Labute approximate surface area is 162 Å². The summed E-state index contributed by atoms with van der Waals surface area (Å²) in [6, 6.07) is 11.6. The molecule has 7 nitrogen and oxygen atoms in total. The molecule has 0 radical (unpaired) electrons. The van der Waals surface area contributed by atoms with E-state index in [4.69, 9.17) is 21.1 Å². The molecule has 0 aliphatic rings. The van der Waals surface area contributed by atoms with Crippen LogP contribution in [-0.2, 0) is 4.79 Å². The summed E-state index contributed by atoms with van der Waals surface area (Å²) < 4.78 is 10.7. The molecule has 0 saturated carbocycles. The summed E-state index contributed by atoms with van der Waals surface area (Å²) in [7, 11) is 1.50. The number of nitrogens with zero attached hydrogens (tertiary/aromatic N) is 1. The van der Waals surface area contributed by atoms with Crippen LogP contribution in [0.3, 0.4) is 0 Å². The molecule has 2 aromatic rings. The number of hydrazone groups is 1. The molecule has 2 rings (SSSR count). The standard InChI is InChI=1S/C19H20ClN3O4/c1-3-21-18(24)12-27-16-9-4-13(10-17(16)26-2)11-22-23-19(25)14-5-7-15(20)8-6-14/h4-11H,3,12H2,1-2H3,(H,21,24)(H,23,25)/b22-11+. The molecule has 0 fully saturated rings. The van der Waals surface area contributed by atoms with Crippen molar-refractivity contribution in [1.82, 2.24) is 10.7 Å². The third-order valence-electron chi connectivity index (χ3n) is 3.41. The lowest BCUT2D eigenvalue weighted by Crippen LogP contribution is -2.28. The highest BCUT2D eigenvalue weighted by Gasteiger charge is 2.08. The first-order valence-corrected chi connectivity index (χ1v) is 8.57. The average molecular weight is 390 g/mol. The Morgan fingerprint density at radius 2 is 1.89 bits per heavy atom. The highest BCUT2D eigenvalue weighted by molar-refractivity contribution is 6.30. The number of hydrogen-bond acceptors (Lipinski definition) is 5. The number of nitrogens with one attached hydrogen (secondary N) is 2. The van der Waals surface area contributed by atoms with Gasteiger partial charge in [0.2, 0.25) is 0 Å². The molecule has 2 aromatic carbocycles. The van der Waals surface area contributed by atoms with Crippen LogP contribution < -0.4 is 20.2 Å². The number of rotatable bonds is 8. The molecule has 27 heavy (non-hydrogen) atoms. The normalized spacial score (nSPS) is 10.5. The number of carbonyl (C=O) groups is 2. The van der Waals surface area contributed by atoms with Gasteiger partial charge in [0.05, 0.1) is 13.3 Å². The van der Waals surface area contributed by atoms with Gasteiger partial charge in [0.15, 0.2) is 18.1 Å². The third kappa shape index (κ3) is 6.31. The van der Waals surface area contributed by atoms with Crippen LogP contribution in [0.2, 0.25) is 5.02 Å². The summed E-state index contributed by atoms with van der Waals surface area (Å²) in [6.45, 7) is 2.27. The van der Waals surface area contributed by atoms with Gasteiger partial charge in [-0.2, -0.15) is 5.10 Å². The van der Waals surface area contributed by atoms with E-state index in [1.165, 1.54) is 13.3 Å². The number of halogens is 1. The quantitative estimate of drug-likeness (QED) is 0.536. The third-order valence-corrected chi connectivity index (χ3v) is 3.66. The van der Waals surface area contributed by atoms with E-state index in [1.807, 2.05) is 6.92 Å². The minimum absolute atomic E-state index is 0.102. The van der Waals surface area contributed by atoms with Crippen LogP contribution in [0.1, 0.15) is 22.8 Å². The Hall–Kier alpha value is -3.06. The van der Waals surface area contributed by atoms with Crippen LogP contribution in [0.15, 0.2) is 47.6 Å².